The summed E-state index contributed by atoms with van der Waals surface area (Å²) >= 11 is -1.77. The molecule has 0 saturated carbocycles. The molecule has 0 aromatic carbocycles. The fourth-order valence-corrected chi connectivity index (χ4v) is 10.6. The summed E-state index contributed by atoms with van der Waals surface area (Å²) < 4.78 is 7.49. The van der Waals surface area contributed by atoms with E-state index in [0.717, 1.165) is 3.93 Å². The molecule has 1 nitrogen and oxygen atoms in total. The van der Waals surface area contributed by atoms with Crippen molar-refractivity contribution in [2.45, 2.75) is 76.9 Å². The summed E-state index contributed by atoms with van der Waals surface area (Å²) in [4.78, 5) is 7.68. The zero-order valence-electron chi connectivity index (χ0n) is 13.3. The van der Waals surface area contributed by atoms with Gasteiger partial charge in [-0.25, -0.2) is 0 Å². The second kappa shape index (κ2) is 6.82. The summed E-state index contributed by atoms with van der Waals surface area (Å²) in [5.41, 5.74) is 0. The maximum atomic E-state index is 6.59. The van der Waals surface area contributed by atoms with Gasteiger partial charge in [-0.15, -0.1) is 0 Å². The van der Waals surface area contributed by atoms with Crippen LogP contribution in [0.15, 0.2) is 11.8 Å². The van der Waals surface area contributed by atoms with Crippen molar-refractivity contribution in [3.05, 3.63) is 11.8 Å². The summed E-state index contributed by atoms with van der Waals surface area (Å²) in [6.45, 7) is 6.97. The summed E-state index contributed by atoms with van der Waals surface area (Å²) in [5.74, 6) is 1.37. The van der Waals surface area contributed by atoms with Gasteiger partial charge in [-0.2, -0.15) is 0 Å². The monoisotopic (exact) mass is 376 g/mol. The Morgan fingerprint density at radius 2 is 1.72 bits per heavy atom. The van der Waals surface area contributed by atoms with Crippen molar-refractivity contribution in [2.75, 3.05) is 0 Å². The molecule has 0 spiro atoms. The molecule has 0 amide bonds. The van der Waals surface area contributed by atoms with E-state index in [1.165, 1.54) is 43.2 Å². The number of rotatable bonds is 6. The van der Waals surface area contributed by atoms with E-state index in [9.17, 15) is 0 Å². The van der Waals surface area contributed by atoms with Crippen LogP contribution in [0.25, 0.3) is 0 Å². The molecule has 106 valence electrons. The van der Waals surface area contributed by atoms with Gasteiger partial charge in [0.2, 0.25) is 0 Å². The average molecular weight is 375 g/mol. The standard InChI is InChI=1S/C12H23OSi.3CH3.Sn/c1-4-14(5-2,6-3)13-12-10-8-7-9-11-12;;;;/h8,10H,4-7,9,11H2,1-3H3;3*1H3;. The van der Waals surface area contributed by atoms with E-state index in [1.54, 1.807) is 0 Å². The molecular weight excluding hydrogens is 343 g/mol. The van der Waals surface area contributed by atoms with Gasteiger partial charge >= 0.3 is 120 Å². The summed E-state index contributed by atoms with van der Waals surface area (Å²) in [7, 11) is -1.44. The normalized spacial score (nSPS) is 21.7. The predicted molar refractivity (Wildman–Crippen MR) is 87.3 cm³/mol. The first-order chi connectivity index (χ1) is 8.37. The van der Waals surface area contributed by atoms with Crippen molar-refractivity contribution >= 4 is 26.7 Å². The van der Waals surface area contributed by atoms with E-state index in [2.05, 4.69) is 41.7 Å². The van der Waals surface area contributed by atoms with Gasteiger partial charge < -0.3 is 0 Å². The molecule has 0 aromatic heterocycles. The van der Waals surface area contributed by atoms with E-state index >= 15 is 0 Å². The molecule has 1 aliphatic rings. The summed E-state index contributed by atoms with van der Waals surface area (Å²) in [6, 6.07) is 3.79. The predicted octanol–water partition coefficient (Wildman–Crippen LogP) is 5.78. The summed E-state index contributed by atoms with van der Waals surface area (Å²) in [5, 5.41) is 0. The van der Waals surface area contributed by atoms with Crippen molar-refractivity contribution in [2.24, 2.45) is 0 Å². The maximum absolute atomic E-state index is 6.59. The molecule has 1 rings (SSSR count). The molecule has 0 aromatic rings. The molecule has 0 radical (unpaired) electrons. The molecule has 0 heterocycles. The third-order valence-corrected chi connectivity index (χ3v) is 16.9. The SMILES string of the molecule is CC[Si](CC)(CC)OC1=C[CH]([Sn]([CH3])([CH3])[CH3])CCC1. The van der Waals surface area contributed by atoms with Gasteiger partial charge in [0.05, 0.1) is 0 Å². The quantitative estimate of drug-likeness (QED) is 0.535. The zero-order chi connectivity index (χ0) is 13.8. The van der Waals surface area contributed by atoms with Gasteiger partial charge in [0, 0.05) is 0 Å². The number of hydrogen-bond acceptors (Lipinski definition) is 1. The van der Waals surface area contributed by atoms with Gasteiger partial charge in [0.15, 0.2) is 0 Å². The Balaban J connectivity index is 2.80. The topological polar surface area (TPSA) is 9.23 Å². The molecular formula is C15H32OSiSn. The van der Waals surface area contributed by atoms with Gasteiger partial charge in [0.25, 0.3) is 0 Å². The zero-order valence-corrected chi connectivity index (χ0v) is 17.2. The fraction of sp³-hybridized carbons (Fsp3) is 0.867. The van der Waals surface area contributed by atoms with Crippen molar-refractivity contribution in [3.8, 4) is 0 Å². The van der Waals surface area contributed by atoms with Crippen LogP contribution in [0.3, 0.4) is 0 Å². The van der Waals surface area contributed by atoms with Crippen LogP contribution in [-0.4, -0.2) is 26.7 Å². The minimum atomic E-state index is -1.77. The van der Waals surface area contributed by atoms with Gasteiger partial charge in [0.1, 0.15) is 0 Å². The Hall–Kier alpha value is 0.556. The molecule has 1 aliphatic carbocycles. The van der Waals surface area contributed by atoms with E-state index in [4.69, 9.17) is 4.43 Å². The number of allylic oxidation sites excluding steroid dienone is 2. The van der Waals surface area contributed by atoms with Crippen LogP contribution < -0.4 is 0 Å². The molecule has 1 unspecified atom stereocenters. The molecule has 18 heavy (non-hydrogen) atoms. The third kappa shape index (κ3) is 4.29. The second-order valence-electron chi connectivity index (χ2n) is 6.84. The van der Waals surface area contributed by atoms with E-state index in [0.29, 0.717) is 0 Å². The molecule has 0 N–H and O–H groups in total. The molecule has 0 bridgehead atoms. The van der Waals surface area contributed by atoms with Gasteiger partial charge in [-0.3, -0.25) is 0 Å². The van der Waals surface area contributed by atoms with Crippen LogP contribution in [0.4, 0.5) is 0 Å². The van der Waals surface area contributed by atoms with Crippen molar-refractivity contribution in [3.63, 3.8) is 0 Å². The van der Waals surface area contributed by atoms with Crippen LogP contribution in [-0.2, 0) is 4.43 Å². The molecule has 3 heteroatoms. The minimum absolute atomic E-state index is 0.903. The molecule has 0 saturated heterocycles. The van der Waals surface area contributed by atoms with E-state index < -0.39 is 26.7 Å². The van der Waals surface area contributed by atoms with Crippen molar-refractivity contribution in [1.29, 1.82) is 0 Å². The number of hydrogen-bond donors (Lipinski definition) is 0. The van der Waals surface area contributed by atoms with Gasteiger partial charge in [-0.1, -0.05) is 0 Å². The average Bonchev–Trinajstić information content (AvgIpc) is 2.35. The summed E-state index contributed by atoms with van der Waals surface area (Å²) in [6.07, 6.45) is 6.52. The molecule has 0 aliphatic heterocycles. The first-order valence-electron chi connectivity index (χ1n) is 7.76. The Morgan fingerprint density at radius 1 is 1.17 bits per heavy atom. The fourth-order valence-electron chi connectivity index (χ4n) is 2.90. The Labute approximate surface area is 119 Å². The molecule has 1 atom stereocenters. The van der Waals surface area contributed by atoms with Crippen LogP contribution in [0.2, 0.25) is 36.9 Å². The second-order valence-corrected chi connectivity index (χ2v) is 27.2. The van der Waals surface area contributed by atoms with Crippen LogP contribution >= 0.6 is 0 Å². The van der Waals surface area contributed by atoms with E-state index in [1.807, 2.05) is 0 Å². The van der Waals surface area contributed by atoms with E-state index in [-0.39, 0.29) is 0 Å². The van der Waals surface area contributed by atoms with Crippen molar-refractivity contribution in [1.82, 2.24) is 0 Å². The van der Waals surface area contributed by atoms with Crippen molar-refractivity contribution < 1.29 is 4.43 Å². The first-order valence-corrected chi connectivity index (χ1v) is 20.5. The molecule has 0 fully saturated rings. The Kier molecular flexibility index (Phi) is 6.30. The first kappa shape index (κ1) is 16.6. The van der Waals surface area contributed by atoms with Crippen LogP contribution in [0.1, 0.15) is 40.0 Å². The third-order valence-electron chi connectivity index (χ3n) is 4.72. The van der Waals surface area contributed by atoms with Crippen LogP contribution in [0, 0.1) is 0 Å². The Bertz CT molecular complexity index is 281. The van der Waals surface area contributed by atoms with Crippen LogP contribution in [0.5, 0.6) is 0 Å². The van der Waals surface area contributed by atoms with Gasteiger partial charge in [-0.05, 0) is 0 Å². The Morgan fingerprint density at radius 3 is 2.17 bits per heavy atom.